The van der Waals surface area contributed by atoms with Crippen molar-refractivity contribution < 1.29 is 8.78 Å². The summed E-state index contributed by atoms with van der Waals surface area (Å²) in [4.78, 5) is 9.37. The van der Waals surface area contributed by atoms with E-state index >= 15 is 8.78 Å². The van der Waals surface area contributed by atoms with Gasteiger partial charge in [-0.05, 0) is 132 Å². The fourth-order valence-corrected chi connectivity index (χ4v) is 25.2. The van der Waals surface area contributed by atoms with Crippen LogP contribution < -0.4 is 10.4 Å². The molecule has 0 fully saturated rings. The van der Waals surface area contributed by atoms with Gasteiger partial charge in [-0.3, -0.25) is 0 Å². The van der Waals surface area contributed by atoms with E-state index in [1.165, 1.54) is 142 Å². The lowest BCUT2D eigenvalue weighted by atomic mass is 10.0. The monoisotopic (exact) mass is 1050 g/mol. The molecule has 7 heterocycles. The molecule has 0 saturated heterocycles. The highest BCUT2D eigenvalue weighted by Gasteiger charge is 2.50. The first kappa shape index (κ1) is 50.9. The molecule has 0 bridgehead atoms. The summed E-state index contributed by atoms with van der Waals surface area (Å²) in [7, 11) is -2.47. The summed E-state index contributed by atoms with van der Waals surface area (Å²) >= 11 is 9.84. The molecule has 0 saturated carbocycles. The van der Waals surface area contributed by atoms with Crippen LogP contribution in [0.25, 0.3) is 71.9 Å². The van der Waals surface area contributed by atoms with E-state index in [-0.39, 0.29) is 11.6 Å². The number of hydrogen-bond acceptors (Lipinski definition) is 10. The number of halogens is 2. The van der Waals surface area contributed by atoms with Crippen molar-refractivity contribution in [3.8, 4) is 51.5 Å². The first-order chi connectivity index (χ1) is 33.7. The molecule has 0 radical (unpaired) electrons. The molecule has 1 aliphatic heterocycles. The molecule has 69 heavy (non-hydrogen) atoms. The maximum Gasteiger partial charge on any atom is 0.134 e. The van der Waals surface area contributed by atoms with Crippen LogP contribution in [0.1, 0.15) is 154 Å². The van der Waals surface area contributed by atoms with Gasteiger partial charge >= 0.3 is 0 Å². The average Bonchev–Trinajstić information content (AvgIpc) is 4.22. The highest BCUT2D eigenvalue weighted by atomic mass is 32.1. The van der Waals surface area contributed by atoms with Crippen molar-refractivity contribution in [2.45, 2.75) is 169 Å². The Hall–Kier alpha value is -3.04. The number of aromatic nitrogens is 4. The third kappa shape index (κ3) is 10.5. The maximum atomic E-state index is 16.9. The Morgan fingerprint density at radius 1 is 0.493 bits per heavy atom. The van der Waals surface area contributed by atoms with Gasteiger partial charge in [-0.1, -0.05) is 140 Å². The van der Waals surface area contributed by atoms with Crippen molar-refractivity contribution in [2.75, 3.05) is 0 Å². The number of benzene rings is 2. The molecule has 1 aliphatic rings. The number of nitrogens with zero attached hydrogens (tertiary/aromatic N) is 4. The van der Waals surface area contributed by atoms with Crippen LogP contribution >= 0.6 is 68.4 Å². The second-order valence-corrected chi connectivity index (χ2v) is 29.7. The standard InChI is InChI=1S/C56H68F2N4S6Si/c1-7-13-17-19-23-37-25-27-43(63-37)49-41(57)29-39(53-51(49)59-61-67-53)45-31-47-55(65-45)56-48(69(47,33-35(11-5)21-15-9-3)34-36(12-6)22-16-10-4)32-46(66-56)40-30-42(58)50(52-54(40)68-62-60-52)44-28-26-38(64-44)24-20-18-14-8-2/h25-32,35-36H,7-24,33-34H2,1-6H3. The molecule has 2 aromatic carbocycles. The molecule has 0 spiro atoms. The number of fused-ring (bicyclic) bond motifs is 5. The van der Waals surface area contributed by atoms with E-state index in [1.54, 1.807) is 34.8 Å². The zero-order valence-electron chi connectivity index (χ0n) is 41.4. The summed E-state index contributed by atoms with van der Waals surface area (Å²) in [6.07, 6.45) is 21.4. The van der Waals surface area contributed by atoms with Gasteiger partial charge in [-0.2, -0.15) is 0 Å². The molecular weight excluding hydrogens is 987 g/mol. The predicted octanol–water partition coefficient (Wildman–Crippen LogP) is 19.1. The lowest BCUT2D eigenvalue weighted by Crippen LogP contribution is -2.56. The van der Waals surface area contributed by atoms with Crippen LogP contribution in [-0.4, -0.2) is 27.2 Å². The smallest absolute Gasteiger partial charge is 0.134 e. The Balaban J connectivity index is 1.17. The summed E-state index contributed by atoms with van der Waals surface area (Å²) in [5.74, 6) is 0.767. The number of hydrogen-bond donors (Lipinski definition) is 0. The molecule has 2 unspecified atom stereocenters. The second-order valence-electron chi connectivity index (χ2n) is 19.6. The molecule has 6 aromatic heterocycles. The Morgan fingerprint density at radius 2 is 0.928 bits per heavy atom. The number of rotatable bonds is 26. The summed E-state index contributed by atoms with van der Waals surface area (Å²) < 4.78 is 44.7. The van der Waals surface area contributed by atoms with Crippen LogP contribution in [0.3, 0.4) is 0 Å². The highest BCUT2D eigenvalue weighted by molar-refractivity contribution is 7.32. The van der Waals surface area contributed by atoms with E-state index in [4.69, 9.17) is 0 Å². The van der Waals surface area contributed by atoms with E-state index in [9.17, 15) is 0 Å². The van der Waals surface area contributed by atoms with E-state index < -0.39 is 8.07 Å². The molecule has 13 heteroatoms. The molecule has 0 amide bonds. The van der Waals surface area contributed by atoms with Gasteiger partial charge in [0.05, 0.1) is 20.5 Å². The number of unbranched alkanes of at least 4 members (excludes halogenated alkanes) is 8. The first-order valence-corrected chi connectivity index (χ1v) is 33.3. The fourth-order valence-electron chi connectivity index (χ4n) is 11.0. The van der Waals surface area contributed by atoms with Crippen molar-refractivity contribution in [1.82, 2.24) is 19.2 Å². The van der Waals surface area contributed by atoms with Gasteiger partial charge in [0, 0.05) is 50.1 Å². The Bertz CT molecular complexity index is 2770. The van der Waals surface area contributed by atoms with Crippen molar-refractivity contribution in [1.29, 1.82) is 0 Å². The van der Waals surface area contributed by atoms with Crippen LogP contribution in [0.4, 0.5) is 8.78 Å². The Morgan fingerprint density at radius 3 is 1.33 bits per heavy atom. The van der Waals surface area contributed by atoms with Crippen molar-refractivity contribution >= 4 is 107 Å². The third-order valence-corrected chi connectivity index (χ3v) is 27.0. The summed E-state index contributed by atoms with van der Waals surface area (Å²) in [6.45, 7) is 13.9. The zero-order valence-corrected chi connectivity index (χ0v) is 47.3. The van der Waals surface area contributed by atoms with Gasteiger partial charge in [0.1, 0.15) is 30.7 Å². The van der Waals surface area contributed by atoms with Crippen LogP contribution in [0.5, 0.6) is 0 Å². The molecule has 8 aromatic rings. The van der Waals surface area contributed by atoms with Crippen molar-refractivity contribution in [3.05, 3.63) is 69.9 Å². The molecule has 366 valence electrons. The van der Waals surface area contributed by atoms with Gasteiger partial charge in [0.2, 0.25) is 0 Å². The van der Waals surface area contributed by atoms with Crippen molar-refractivity contribution in [3.63, 3.8) is 0 Å². The van der Waals surface area contributed by atoms with Crippen LogP contribution in [-0.2, 0) is 12.8 Å². The van der Waals surface area contributed by atoms with E-state index in [0.717, 1.165) is 78.6 Å². The first-order valence-electron chi connectivity index (χ1n) is 26.1. The zero-order chi connectivity index (χ0) is 48.1. The molecule has 4 nitrogen and oxygen atoms in total. The van der Waals surface area contributed by atoms with E-state index in [1.807, 2.05) is 22.7 Å². The van der Waals surface area contributed by atoms with E-state index in [2.05, 4.69) is 97.1 Å². The van der Waals surface area contributed by atoms with Gasteiger partial charge in [-0.25, -0.2) is 8.78 Å². The van der Waals surface area contributed by atoms with Gasteiger partial charge in [0.25, 0.3) is 0 Å². The van der Waals surface area contributed by atoms with E-state index in [0.29, 0.717) is 34.0 Å². The van der Waals surface area contributed by atoms with Crippen LogP contribution in [0.15, 0.2) is 48.5 Å². The predicted molar refractivity (Wildman–Crippen MR) is 304 cm³/mol. The number of thiophene rings is 4. The molecule has 0 N–H and O–H groups in total. The van der Waals surface area contributed by atoms with Gasteiger partial charge in [-0.15, -0.1) is 55.5 Å². The molecular formula is C56H68F2N4S6Si. The Labute approximate surface area is 434 Å². The third-order valence-electron chi connectivity index (χ3n) is 14.9. The number of aryl methyl sites for hydroxylation is 2. The minimum Gasteiger partial charge on any atom is -0.206 e. The van der Waals surface area contributed by atoms with Crippen LogP contribution in [0, 0.1) is 23.5 Å². The largest absolute Gasteiger partial charge is 0.206 e. The van der Waals surface area contributed by atoms with Gasteiger partial charge in [0.15, 0.2) is 0 Å². The molecule has 2 atom stereocenters. The van der Waals surface area contributed by atoms with Gasteiger partial charge < -0.3 is 0 Å². The minimum absolute atomic E-state index is 0.227. The normalized spacial score (nSPS) is 14.1. The summed E-state index contributed by atoms with van der Waals surface area (Å²) in [5, 5.41) is 12.4. The summed E-state index contributed by atoms with van der Waals surface area (Å²) in [6, 6.07) is 19.5. The Kier molecular flexibility index (Phi) is 17.1. The van der Waals surface area contributed by atoms with Crippen LogP contribution in [0.2, 0.25) is 12.1 Å². The molecule has 9 rings (SSSR count). The second kappa shape index (κ2) is 23.2. The topological polar surface area (TPSA) is 51.6 Å². The lowest BCUT2D eigenvalue weighted by molar-refractivity contribution is 0.469. The maximum absolute atomic E-state index is 16.9. The van der Waals surface area contributed by atoms with Crippen molar-refractivity contribution in [2.24, 2.45) is 11.8 Å². The minimum atomic E-state index is -2.47. The highest BCUT2D eigenvalue weighted by Crippen LogP contribution is 2.52. The molecule has 0 aliphatic carbocycles. The SMILES string of the molecule is CCCCCCc1ccc(-c2c(F)cc(-c3cc4c(s3)-c3sc(-c5cc(F)c(-c6ccc(CCCCCC)s6)c6nnsc56)cc3[Si]4(CC(CC)CCCC)CC(CC)CCCC)c3snnc23)s1. The quantitative estimate of drug-likeness (QED) is 0.0401. The summed E-state index contributed by atoms with van der Waals surface area (Å²) in [5.41, 5.74) is 4.31. The average molecular weight is 1060 g/mol. The lowest BCUT2D eigenvalue weighted by Gasteiger charge is -2.35. The fraction of sp³-hybridized carbons (Fsp3) is 0.500.